The van der Waals surface area contributed by atoms with E-state index in [1.54, 1.807) is 6.20 Å². The zero-order valence-corrected chi connectivity index (χ0v) is 8.31. The van der Waals surface area contributed by atoms with Crippen molar-refractivity contribution in [1.82, 2.24) is 4.98 Å². The number of hydrogen-bond acceptors (Lipinski definition) is 3. The highest BCUT2D eigenvalue weighted by Gasteiger charge is 2.18. The van der Waals surface area contributed by atoms with Gasteiger partial charge in [-0.2, -0.15) is 0 Å². The van der Waals surface area contributed by atoms with E-state index in [4.69, 9.17) is 10.5 Å². The summed E-state index contributed by atoms with van der Waals surface area (Å²) in [6, 6.07) is 8.09. The Labute approximate surface area is 87.9 Å². The second-order valence-electron chi connectivity index (χ2n) is 3.89. The molecule has 0 amide bonds. The van der Waals surface area contributed by atoms with Crippen molar-refractivity contribution in [2.24, 2.45) is 5.73 Å². The first-order valence-electron chi connectivity index (χ1n) is 5.09. The monoisotopic (exact) mass is 200 g/mol. The molecule has 1 aromatic carbocycles. The van der Waals surface area contributed by atoms with E-state index in [0.717, 1.165) is 23.1 Å². The Balaban J connectivity index is 2.28. The van der Waals surface area contributed by atoms with Crippen LogP contribution in [0.1, 0.15) is 5.56 Å². The van der Waals surface area contributed by atoms with Gasteiger partial charge in [0, 0.05) is 23.2 Å². The summed E-state index contributed by atoms with van der Waals surface area (Å²) in [5.74, 6) is 0.956. The summed E-state index contributed by atoms with van der Waals surface area (Å²) in [4.78, 5) is 4.32. The van der Waals surface area contributed by atoms with Crippen LogP contribution in [0, 0.1) is 0 Å². The van der Waals surface area contributed by atoms with Crippen molar-refractivity contribution in [3.63, 3.8) is 0 Å². The van der Waals surface area contributed by atoms with Crippen LogP contribution in [-0.4, -0.2) is 17.6 Å². The van der Waals surface area contributed by atoms with Gasteiger partial charge < -0.3 is 10.5 Å². The third-order valence-corrected chi connectivity index (χ3v) is 2.77. The number of nitrogens with zero attached hydrogens (tertiary/aromatic N) is 1. The molecule has 0 bridgehead atoms. The standard InChI is InChI=1S/C12H12N2O/c13-8-6-10-9-2-1-5-14-11(9)3-4-12(10)15-7-8/h1-5,8H,6-7,13H2/t8-/m0/s1. The van der Waals surface area contributed by atoms with Gasteiger partial charge in [0.1, 0.15) is 12.4 Å². The fourth-order valence-electron chi connectivity index (χ4n) is 2.06. The first-order valence-corrected chi connectivity index (χ1v) is 5.09. The molecule has 1 aliphatic heterocycles. The molecule has 2 heterocycles. The molecule has 15 heavy (non-hydrogen) atoms. The van der Waals surface area contributed by atoms with E-state index in [-0.39, 0.29) is 6.04 Å². The average molecular weight is 200 g/mol. The molecule has 0 unspecified atom stereocenters. The van der Waals surface area contributed by atoms with Crippen LogP contribution in [0.4, 0.5) is 0 Å². The van der Waals surface area contributed by atoms with E-state index >= 15 is 0 Å². The summed E-state index contributed by atoms with van der Waals surface area (Å²) in [6.45, 7) is 0.610. The fourth-order valence-corrected chi connectivity index (χ4v) is 2.06. The first-order chi connectivity index (χ1) is 7.34. The molecule has 1 atom stereocenters. The molecular weight excluding hydrogens is 188 g/mol. The number of ether oxygens (including phenoxy) is 1. The number of pyridine rings is 1. The molecule has 0 saturated heterocycles. The lowest BCUT2D eigenvalue weighted by Gasteiger charge is -2.23. The number of aromatic nitrogens is 1. The molecule has 3 rings (SSSR count). The lowest BCUT2D eigenvalue weighted by atomic mass is 9.98. The smallest absolute Gasteiger partial charge is 0.123 e. The van der Waals surface area contributed by atoms with Crippen LogP contribution in [0.25, 0.3) is 10.9 Å². The van der Waals surface area contributed by atoms with Gasteiger partial charge >= 0.3 is 0 Å². The summed E-state index contributed by atoms with van der Waals surface area (Å²) in [6.07, 6.45) is 2.68. The maximum Gasteiger partial charge on any atom is 0.123 e. The highest BCUT2D eigenvalue weighted by Crippen LogP contribution is 2.30. The van der Waals surface area contributed by atoms with Gasteiger partial charge in [-0.05, 0) is 24.6 Å². The lowest BCUT2D eigenvalue weighted by molar-refractivity contribution is 0.264. The molecule has 1 aliphatic rings. The molecule has 0 radical (unpaired) electrons. The first kappa shape index (κ1) is 8.68. The third-order valence-electron chi connectivity index (χ3n) is 2.77. The second-order valence-corrected chi connectivity index (χ2v) is 3.89. The predicted molar refractivity (Wildman–Crippen MR) is 58.9 cm³/mol. The SMILES string of the molecule is N[C@@H]1COc2ccc3ncccc3c2C1. The summed E-state index contributed by atoms with van der Waals surface area (Å²) >= 11 is 0. The van der Waals surface area contributed by atoms with Gasteiger partial charge in [-0.3, -0.25) is 4.98 Å². The largest absolute Gasteiger partial charge is 0.492 e. The van der Waals surface area contributed by atoms with Crippen molar-refractivity contribution in [1.29, 1.82) is 0 Å². The Morgan fingerprint density at radius 3 is 3.20 bits per heavy atom. The average Bonchev–Trinajstić information content (AvgIpc) is 2.29. The normalized spacial score (nSPS) is 19.7. The molecule has 76 valence electrons. The van der Waals surface area contributed by atoms with Crippen LogP contribution in [-0.2, 0) is 6.42 Å². The van der Waals surface area contributed by atoms with E-state index in [1.165, 1.54) is 5.56 Å². The lowest BCUT2D eigenvalue weighted by Crippen LogP contribution is -2.33. The van der Waals surface area contributed by atoms with E-state index in [9.17, 15) is 0 Å². The summed E-state index contributed by atoms with van der Waals surface area (Å²) < 4.78 is 5.59. The maximum atomic E-state index is 5.90. The van der Waals surface area contributed by atoms with Crippen molar-refractivity contribution < 1.29 is 4.74 Å². The Bertz CT molecular complexity index is 510. The molecule has 2 N–H and O–H groups in total. The Morgan fingerprint density at radius 1 is 1.33 bits per heavy atom. The molecule has 3 heteroatoms. The second kappa shape index (κ2) is 3.21. The molecule has 2 aromatic rings. The molecule has 0 fully saturated rings. The third kappa shape index (κ3) is 1.36. The molecule has 0 spiro atoms. The van der Waals surface area contributed by atoms with Crippen LogP contribution in [0.5, 0.6) is 5.75 Å². The summed E-state index contributed by atoms with van der Waals surface area (Å²) in [7, 11) is 0. The number of nitrogens with two attached hydrogens (primary N) is 1. The number of hydrogen-bond donors (Lipinski definition) is 1. The molecule has 1 aromatic heterocycles. The van der Waals surface area contributed by atoms with Crippen molar-refractivity contribution in [3.8, 4) is 5.75 Å². The highest BCUT2D eigenvalue weighted by molar-refractivity contribution is 5.84. The zero-order chi connectivity index (χ0) is 10.3. The van der Waals surface area contributed by atoms with Crippen LogP contribution < -0.4 is 10.5 Å². The highest BCUT2D eigenvalue weighted by atomic mass is 16.5. The van der Waals surface area contributed by atoms with Crippen molar-refractivity contribution in [2.45, 2.75) is 12.5 Å². The van der Waals surface area contributed by atoms with Crippen molar-refractivity contribution in [3.05, 3.63) is 36.0 Å². The summed E-state index contributed by atoms with van der Waals surface area (Å²) in [5, 5.41) is 1.16. The van der Waals surface area contributed by atoms with Gasteiger partial charge in [-0.15, -0.1) is 0 Å². The van der Waals surface area contributed by atoms with Crippen LogP contribution in [0.15, 0.2) is 30.5 Å². The molecule has 0 saturated carbocycles. The minimum absolute atomic E-state index is 0.100. The van der Waals surface area contributed by atoms with E-state index < -0.39 is 0 Å². The topological polar surface area (TPSA) is 48.1 Å². The van der Waals surface area contributed by atoms with Gasteiger partial charge in [0.05, 0.1) is 5.52 Å². The Kier molecular flexibility index (Phi) is 1.86. The van der Waals surface area contributed by atoms with Crippen LogP contribution in [0.3, 0.4) is 0 Å². The quantitative estimate of drug-likeness (QED) is 0.701. The van der Waals surface area contributed by atoms with E-state index in [2.05, 4.69) is 11.1 Å². The number of benzene rings is 1. The van der Waals surface area contributed by atoms with E-state index in [1.807, 2.05) is 18.2 Å². The van der Waals surface area contributed by atoms with Crippen molar-refractivity contribution >= 4 is 10.9 Å². The predicted octanol–water partition coefficient (Wildman–Crippen LogP) is 1.50. The Morgan fingerprint density at radius 2 is 2.27 bits per heavy atom. The van der Waals surface area contributed by atoms with Gasteiger partial charge in [-0.25, -0.2) is 0 Å². The minimum atomic E-state index is 0.100. The van der Waals surface area contributed by atoms with Gasteiger partial charge in [0.15, 0.2) is 0 Å². The van der Waals surface area contributed by atoms with Gasteiger partial charge in [0.25, 0.3) is 0 Å². The van der Waals surface area contributed by atoms with Crippen molar-refractivity contribution in [2.75, 3.05) is 6.61 Å². The van der Waals surface area contributed by atoms with Crippen LogP contribution >= 0.6 is 0 Å². The molecule has 0 aliphatic carbocycles. The van der Waals surface area contributed by atoms with E-state index in [0.29, 0.717) is 6.61 Å². The molecule has 3 nitrogen and oxygen atoms in total. The number of fused-ring (bicyclic) bond motifs is 3. The minimum Gasteiger partial charge on any atom is -0.492 e. The fraction of sp³-hybridized carbons (Fsp3) is 0.250. The number of rotatable bonds is 0. The Hall–Kier alpha value is -1.61. The maximum absolute atomic E-state index is 5.90. The van der Waals surface area contributed by atoms with Gasteiger partial charge in [-0.1, -0.05) is 6.07 Å². The zero-order valence-electron chi connectivity index (χ0n) is 8.31. The van der Waals surface area contributed by atoms with Gasteiger partial charge in [0.2, 0.25) is 0 Å². The molecular formula is C12H12N2O. The van der Waals surface area contributed by atoms with Crippen LogP contribution in [0.2, 0.25) is 0 Å². The summed E-state index contributed by atoms with van der Waals surface area (Å²) in [5.41, 5.74) is 8.10.